The highest BCUT2D eigenvalue weighted by Gasteiger charge is 2.13. The quantitative estimate of drug-likeness (QED) is 0.0770. The molecule has 3 heteroatoms. The van der Waals surface area contributed by atoms with Gasteiger partial charge >= 0.3 is 5.97 Å². The van der Waals surface area contributed by atoms with Crippen LogP contribution in [0, 0.1) is 0 Å². The average Bonchev–Trinajstić information content (AvgIpc) is 3.02. The molecule has 2 atom stereocenters. The van der Waals surface area contributed by atoms with Gasteiger partial charge in [-0.1, -0.05) is 134 Å². The smallest absolute Gasteiger partial charge is 0.343 e. The number of carbonyl (C=O) groups is 1. The Morgan fingerprint density at radius 1 is 0.595 bits per heavy atom. The molecule has 0 fully saturated rings. The summed E-state index contributed by atoms with van der Waals surface area (Å²) in [6.07, 6.45) is 16.6. The van der Waals surface area contributed by atoms with Gasteiger partial charge in [0, 0.05) is 6.61 Å². The van der Waals surface area contributed by atoms with Gasteiger partial charge in [-0.05, 0) is 78.6 Å². The molecule has 0 spiro atoms. The molecule has 0 saturated carbocycles. The lowest BCUT2D eigenvalue weighted by Crippen LogP contribution is -2.08. The van der Waals surface area contributed by atoms with Crippen molar-refractivity contribution in [1.29, 1.82) is 0 Å². The Kier molecular flexibility index (Phi) is 15.4. The summed E-state index contributed by atoms with van der Waals surface area (Å²) in [5.41, 5.74) is 5.28. The fourth-order valence-corrected chi connectivity index (χ4v) is 5.60. The highest BCUT2D eigenvalue weighted by Crippen LogP contribution is 2.30. The standard InChI is InChI=1S/C39H54O3/c1-5-8-10-12-13-14-17-33(16-7-3)36-26-28-38(29-27-36)42-39(40)37-24-22-35(23-25-37)34-20-18-32(19-21-34)31(4)41-30-15-11-9-6-2/h18-29,31,33H,5-17,30H2,1-4H3. The van der Waals surface area contributed by atoms with E-state index in [2.05, 4.69) is 64.1 Å². The van der Waals surface area contributed by atoms with E-state index < -0.39 is 0 Å². The number of hydrogen-bond donors (Lipinski definition) is 0. The zero-order valence-corrected chi connectivity index (χ0v) is 26.7. The molecule has 0 heterocycles. The van der Waals surface area contributed by atoms with Crippen LogP contribution in [-0.4, -0.2) is 12.6 Å². The van der Waals surface area contributed by atoms with Crippen molar-refractivity contribution in [2.24, 2.45) is 0 Å². The Hall–Kier alpha value is -2.91. The Labute approximate surface area is 256 Å². The van der Waals surface area contributed by atoms with Crippen molar-refractivity contribution in [1.82, 2.24) is 0 Å². The highest BCUT2D eigenvalue weighted by atomic mass is 16.5. The third-order valence-corrected chi connectivity index (χ3v) is 8.31. The predicted octanol–water partition coefficient (Wildman–Crippen LogP) is 11.9. The molecule has 3 aromatic carbocycles. The van der Waals surface area contributed by atoms with Crippen LogP contribution < -0.4 is 4.74 Å². The van der Waals surface area contributed by atoms with Crippen molar-refractivity contribution in [3.63, 3.8) is 0 Å². The zero-order valence-electron chi connectivity index (χ0n) is 26.7. The summed E-state index contributed by atoms with van der Waals surface area (Å²) < 4.78 is 11.7. The van der Waals surface area contributed by atoms with Crippen molar-refractivity contribution in [2.75, 3.05) is 6.61 Å². The van der Waals surface area contributed by atoms with E-state index in [1.165, 1.54) is 88.2 Å². The van der Waals surface area contributed by atoms with Crippen LogP contribution in [0.5, 0.6) is 5.75 Å². The number of unbranched alkanes of at least 4 members (excludes halogenated alkanes) is 8. The van der Waals surface area contributed by atoms with Crippen LogP contribution in [-0.2, 0) is 4.74 Å². The number of ether oxygens (including phenoxy) is 2. The molecule has 0 aromatic heterocycles. The van der Waals surface area contributed by atoms with Crippen LogP contribution in [0.3, 0.4) is 0 Å². The highest BCUT2D eigenvalue weighted by molar-refractivity contribution is 5.91. The van der Waals surface area contributed by atoms with Crippen molar-refractivity contribution < 1.29 is 14.3 Å². The van der Waals surface area contributed by atoms with E-state index in [9.17, 15) is 4.79 Å². The fourth-order valence-electron chi connectivity index (χ4n) is 5.60. The minimum absolute atomic E-state index is 0.0877. The summed E-state index contributed by atoms with van der Waals surface area (Å²) in [5.74, 6) is 0.852. The molecular formula is C39H54O3. The summed E-state index contributed by atoms with van der Waals surface area (Å²) >= 11 is 0. The van der Waals surface area contributed by atoms with Crippen LogP contribution in [0.1, 0.15) is 145 Å². The number of benzene rings is 3. The molecule has 0 radical (unpaired) electrons. The molecule has 3 rings (SSSR count). The van der Waals surface area contributed by atoms with Crippen LogP contribution in [0.2, 0.25) is 0 Å². The minimum atomic E-state index is -0.327. The Morgan fingerprint density at radius 2 is 1.14 bits per heavy atom. The average molecular weight is 571 g/mol. The first-order valence-electron chi connectivity index (χ1n) is 16.7. The maximum Gasteiger partial charge on any atom is 0.343 e. The van der Waals surface area contributed by atoms with Gasteiger partial charge in [0.1, 0.15) is 5.75 Å². The second-order valence-corrected chi connectivity index (χ2v) is 11.8. The molecule has 2 unspecified atom stereocenters. The monoisotopic (exact) mass is 570 g/mol. The molecule has 0 aliphatic carbocycles. The van der Waals surface area contributed by atoms with Crippen LogP contribution in [0.15, 0.2) is 72.8 Å². The Bertz CT molecular complexity index is 1130. The Morgan fingerprint density at radius 3 is 1.76 bits per heavy atom. The van der Waals surface area contributed by atoms with E-state index >= 15 is 0 Å². The van der Waals surface area contributed by atoms with Gasteiger partial charge in [0.2, 0.25) is 0 Å². The molecule has 3 nitrogen and oxygen atoms in total. The van der Waals surface area contributed by atoms with E-state index in [-0.39, 0.29) is 12.1 Å². The van der Waals surface area contributed by atoms with E-state index in [1.54, 1.807) is 0 Å². The van der Waals surface area contributed by atoms with E-state index in [4.69, 9.17) is 9.47 Å². The van der Waals surface area contributed by atoms with E-state index in [0.29, 0.717) is 17.2 Å². The van der Waals surface area contributed by atoms with Gasteiger partial charge in [-0.15, -0.1) is 0 Å². The van der Waals surface area contributed by atoms with Gasteiger partial charge in [-0.25, -0.2) is 4.79 Å². The summed E-state index contributed by atoms with van der Waals surface area (Å²) in [6.45, 7) is 9.68. The lowest BCUT2D eigenvalue weighted by Gasteiger charge is -2.17. The van der Waals surface area contributed by atoms with Crippen molar-refractivity contribution >= 4 is 5.97 Å². The number of carbonyl (C=O) groups excluding carboxylic acids is 1. The minimum Gasteiger partial charge on any atom is -0.423 e. The number of rotatable bonds is 20. The van der Waals surface area contributed by atoms with Crippen LogP contribution in [0.4, 0.5) is 0 Å². The lowest BCUT2D eigenvalue weighted by atomic mass is 9.89. The third-order valence-electron chi connectivity index (χ3n) is 8.31. The summed E-state index contributed by atoms with van der Waals surface area (Å²) in [6, 6.07) is 24.4. The fraction of sp³-hybridized carbons (Fsp3) is 0.513. The largest absolute Gasteiger partial charge is 0.423 e. The molecule has 228 valence electrons. The van der Waals surface area contributed by atoms with Crippen molar-refractivity contribution in [3.8, 4) is 16.9 Å². The SMILES string of the molecule is CCCCCCCCC(CCC)c1ccc(OC(=O)c2ccc(-c3ccc(C(C)OCCCCCC)cc3)cc2)cc1. The molecular weight excluding hydrogens is 516 g/mol. The molecule has 0 aliphatic rings. The van der Waals surface area contributed by atoms with E-state index in [1.807, 2.05) is 36.4 Å². The van der Waals surface area contributed by atoms with E-state index in [0.717, 1.165) is 24.2 Å². The van der Waals surface area contributed by atoms with Crippen molar-refractivity contribution in [3.05, 3.63) is 89.5 Å². The van der Waals surface area contributed by atoms with Crippen molar-refractivity contribution in [2.45, 2.75) is 123 Å². The number of esters is 1. The predicted molar refractivity (Wildman–Crippen MR) is 177 cm³/mol. The van der Waals surface area contributed by atoms with Gasteiger partial charge in [0.25, 0.3) is 0 Å². The zero-order chi connectivity index (χ0) is 30.0. The maximum absolute atomic E-state index is 12.9. The van der Waals surface area contributed by atoms with Gasteiger partial charge < -0.3 is 9.47 Å². The summed E-state index contributed by atoms with van der Waals surface area (Å²) in [4.78, 5) is 12.9. The first-order valence-corrected chi connectivity index (χ1v) is 16.7. The summed E-state index contributed by atoms with van der Waals surface area (Å²) in [7, 11) is 0. The van der Waals surface area contributed by atoms with Crippen LogP contribution in [0.25, 0.3) is 11.1 Å². The van der Waals surface area contributed by atoms with Gasteiger partial charge in [0.15, 0.2) is 0 Å². The topological polar surface area (TPSA) is 35.5 Å². The second kappa shape index (κ2) is 19.3. The first kappa shape index (κ1) is 33.6. The third kappa shape index (κ3) is 11.4. The molecule has 42 heavy (non-hydrogen) atoms. The molecule has 0 N–H and O–H groups in total. The molecule has 0 amide bonds. The van der Waals surface area contributed by atoms with Gasteiger partial charge in [0.05, 0.1) is 11.7 Å². The molecule has 3 aromatic rings. The lowest BCUT2D eigenvalue weighted by molar-refractivity contribution is 0.0628. The summed E-state index contributed by atoms with van der Waals surface area (Å²) in [5, 5.41) is 0. The first-order chi connectivity index (χ1) is 20.5. The number of hydrogen-bond acceptors (Lipinski definition) is 3. The van der Waals surface area contributed by atoms with Gasteiger partial charge in [-0.2, -0.15) is 0 Å². The molecule has 0 bridgehead atoms. The second-order valence-electron chi connectivity index (χ2n) is 11.8. The Balaban J connectivity index is 1.50. The van der Waals surface area contributed by atoms with Crippen LogP contribution >= 0.6 is 0 Å². The maximum atomic E-state index is 12.9. The molecule has 0 saturated heterocycles. The normalized spacial score (nSPS) is 12.7. The molecule has 0 aliphatic heterocycles. The van der Waals surface area contributed by atoms with Gasteiger partial charge in [-0.3, -0.25) is 0 Å².